The maximum Gasteiger partial charge on any atom is 0.326 e. The highest BCUT2D eigenvalue weighted by atomic mass is 16.4. The number of hydrogen-bond acceptors (Lipinski definition) is 7. The van der Waals surface area contributed by atoms with Crippen LogP contribution in [0.2, 0.25) is 0 Å². The Morgan fingerprint density at radius 3 is 2.00 bits per heavy atom. The second-order valence-electron chi connectivity index (χ2n) is 8.08. The topological polar surface area (TPSA) is 208 Å². The zero-order valence-corrected chi connectivity index (χ0v) is 19.3. The lowest BCUT2D eigenvalue weighted by molar-refractivity contribution is -0.147. The van der Waals surface area contributed by atoms with E-state index in [9.17, 15) is 29.1 Å². The molecule has 0 aliphatic carbocycles. The third kappa shape index (κ3) is 9.06. The Kier molecular flexibility index (Phi) is 11.0. The van der Waals surface area contributed by atoms with Crippen molar-refractivity contribution in [2.24, 2.45) is 11.7 Å². The molecule has 0 saturated heterocycles. The standard InChI is InChI=1S/C22H32N4O8/c1-4-11(2)18(26-20(31)15(23)9-13-5-7-14(27)8-6-13)21(32)24-12(3)19(30)25-16(22(33)34)10-17(28)29/h5-8,11-12,15-16,18,27H,4,9-10,23H2,1-3H3,(H,24,32)(H,25,30)(H,26,31)(H,28,29)(H,33,34). The number of benzene rings is 1. The lowest BCUT2D eigenvalue weighted by Gasteiger charge is -2.27. The highest BCUT2D eigenvalue weighted by Gasteiger charge is 2.31. The number of carboxylic acid groups (broad SMARTS) is 2. The normalized spacial score (nSPS) is 15.2. The summed E-state index contributed by atoms with van der Waals surface area (Å²) in [6.07, 6.45) is -0.141. The average molecular weight is 481 g/mol. The Hall–Kier alpha value is -3.67. The van der Waals surface area contributed by atoms with Gasteiger partial charge in [-0.3, -0.25) is 19.2 Å². The SMILES string of the molecule is CCC(C)C(NC(=O)C(N)Cc1ccc(O)cc1)C(=O)NC(C)C(=O)NC(CC(=O)O)C(=O)O. The quantitative estimate of drug-likeness (QED) is 0.191. The fourth-order valence-electron chi connectivity index (χ4n) is 2.98. The van der Waals surface area contributed by atoms with Crippen molar-refractivity contribution in [2.45, 2.75) is 64.2 Å². The summed E-state index contributed by atoms with van der Waals surface area (Å²) in [4.78, 5) is 59.7. The third-order valence-corrected chi connectivity index (χ3v) is 5.27. The van der Waals surface area contributed by atoms with Crippen molar-refractivity contribution in [3.05, 3.63) is 29.8 Å². The molecular formula is C22H32N4O8. The molecule has 1 rings (SSSR count). The number of aliphatic carboxylic acids is 2. The van der Waals surface area contributed by atoms with Gasteiger partial charge >= 0.3 is 11.9 Å². The first-order valence-corrected chi connectivity index (χ1v) is 10.7. The number of carbonyl (C=O) groups is 5. The van der Waals surface area contributed by atoms with Crippen molar-refractivity contribution in [3.63, 3.8) is 0 Å². The van der Waals surface area contributed by atoms with Crippen molar-refractivity contribution in [1.29, 1.82) is 0 Å². The van der Waals surface area contributed by atoms with Gasteiger partial charge < -0.3 is 37.0 Å². The van der Waals surface area contributed by atoms with Crippen LogP contribution in [0.5, 0.6) is 5.75 Å². The first-order chi connectivity index (χ1) is 15.8. The summed E-state index contributed by atoms with van der Waals surface area (Å²) in [5.41, 5.74) is 6.69. The van der Waals surface area contributed by atoms with Gasteiger partial charge in [-0.2, -0.15) is 0 Å². The van der Waals surface area contributed by atoms with E-state index in [0.29, 0.717) is 12.0 Å². The first-order valence-electron chi connectivity index (χ1n) is 10.7. The van der Waals surface area contributed by atoms with E-state index >= 15 is 0 Å². The van der Waals surface area contributed by atoms with Crippen LogP contribution in [0.4, 0.5) is 0 Å². The Labute approximate surface area is 196 Å². The number of hydrogen-bond donors (Lipinski definition) is 7. The van der Waals surface area contributed by atoms with Gasteiger partial charge in [0.25, 0.3) is 0 Å². The minimum absolute atomic E-state index is 0.0751. The summed E-state index contributed by atoms with van der Waals surface area (Å²) in [5.74, 6) is -5.33. The van der Waals surface area contributed by atoms with E-state index in [2.05, 4.69) is 16.0 Å². The molecule has 8 N–H and O–H groups in total. The van der Waals surface area contributed by atoms with Crippen LogP contribution in [-0.2, 0) is 30.4 Å². The first kappa shape index (κ1) is 28.4. The van der Waals surface area contributed by atoms with Gasteiger partial charge in [-0.1, -0.05) is 32.4 Å². The van der Waals surface area contributed by atoms with Gasteiger partial charge in [0.05, 0.1) is 12.5 Å². The smallest absolute Gasteiger partial charge is 0.326 e. The molecule has 1 aromatic carbocycles. The Balaban J connectivity index is 2.80. The molecule has 0 saturated carbocycles. The number of aromatic hydroxyl groups is 1. The van der Waals surface area contributed by atoms with Crippen LogP contribution >= 0.6 is 0 Å². The molecule has 0 fully saturated rings. The number of carboxylic acids is 2. The van der Waals surface area contributed by atoms with Crippen LogP contribution in [-0.4, -0.2) is 69.1 Å². The number of carbonyl (C=O) groups excluding carboxylic acids is 3. The number of nitrogens with one attached hydrogen (secondary N) is 3. The summed E-state index contributed by atoms with van der Waals surface area (Å²) in [5, 5.41) is 34.3. The van der Waals surface area contributed by atoms with Gasteiger partial charge in [0, 0.05) is 0 Å². The van der Waals surface area contributed by atoms with Crippen LogP contribution in [0, 0.1) is 5.92 Å². The second-order valence-corrected chi connectivity index (χ2v) is 8.08. The molecular weight excluding hydrogens is 448 g/mol. The highest BCUT2D eigenvalue weighted by Crippen LogP contribution is 2.12. The zero-order chi connectivity index (χ0) is 26.0. The van der Waals surface area contributed by atoms with E-state index < -0.39 is 60.2 Å². The molecule has 12 heteroatoms. The largest absolute Gasteiger partial charge is 0.508 e. The number of nitrogens with two attached hydrogens (primary N) is 1. The average Bonchev–Trinajstić information content (AvgIpc) is 2.77. The van der Waals surface area contributed by atoms with Crippen molar-refractivity contribution < 1.29 is 39.3 Å². The number of rotatable bonds is 13. The maximum absolute atomic E-state index is 12.8. The van der Waals surface area contributed by atoms with Gasteiger partial charge in [-0.25, -0.2) is 4.79 Å². The summed E-state index contributed by atoms with van der Waals surface area (Å²) in [6, 6.07) is 1.32. The van der Waals surface area contributed by atoms with E-state index in [1.807, 2.05) is 6.92 Å². The van der Waals surface area contributed by atoms with Gasteiger partial charge in [0.15, 0.2) is 0 Å². The van der Waals surface area contributed by atoms with Crippen molar-refractivity contribution in [1.82, 2.24) is 16.0 Å². The van der Waals surface area contributed by atoms with Crippen LogP contribution < -0.4 is 21.7 Å². The van der Waals surface area contributed by atoms with Crippen LogP contribution in [0.25, 0.3) is 0 Å². The molecule has 5 atom stereocenters. The molecule has 0 spiro atoms. The third-order valence-electron chi connectivity index (χ3n) is 5.27. The van der Waals surface area contributed by atoms with Gasteiger partial charge in [0.2, 0.25) is 17.7 Å². The zero-order valence-electron chi connectivity index (χ0n) is 19.3. The minimum atomic E-state index is -1.66. The summed E-state index contributed by atoms with van der Waals surface area (Å²) < 4.78 is 0. The number of phenols is 1. The lowest BCUT2D eigenvalue weighted by Crippen LogP contribution is -2.58. The van der Waals surface area contributed by atoms with E-state index in [1.165, 1.54) is 19.1 Å². The molecule has 188 valence electrons. The molecule has 12 nitrogen and oxygen atoms in total. The van der Waals surface area contributed by atoms with Crippen molar-refractivity contribution >= 4 is 29.7 Å². The van der Waals surface area contributed by atoms with E-state index in [1.54, 1.807) is 19.1 Å². The monoisotopic (exact) mass is 480 g/mol. The molecule has 3 amide bonds. The molecule has 0 aliphatic heterocycles. The molecule has 0 aliphatic rings. The molecule has 34 heavy (non-hydrogen) atoms. The molecule has 0 radical (unpaired) electrons. The van der Waals surface area contributed by atoms with Gasteiger partial charge in [0.1, 0.15) is 23.9 Å². The lowest BCUT2D eigenvalue weighted by atomic mass is 9.97. The van der Waals surface area contributed by atoms with Crippen molar-refractivity contribution in [2.75, 3.05) is 0 Å². The molecule has 0 bridgehead atoms. The summed E-state index contributed by atoms with van der Waals surface area (Å²) >= 11 is 0. The van der Waals surface area contributed by atoms with E-state index in [0.717, 1.165) is 0 Å². The minimum Gasteiger partial charge on any atom is -0.508 e. The van der Waals surface area contributed by atoms with Crippen LogP contribution in [0.1, 0.15) is 39.2 Å². The summed E-state index contributed by atoms with van der Waals surface area (Å²) in [7, 11) is 0. The van der Waals surface area contributed by atoms with Gasteiger partial charge in [-0.15, -0.1) is 0 Å². The van der Waals surface area contributed by atoms with E-state index in [4.69, 9.17) is 15.9 Å². The van der Waals surface area contributed by atoms with Crippen LogP contribution in [0.15, 0.2) is 24.3 Å². The fourth-order valence-corrected chi connectivity index (χ4v) is 2.98. The predicted molar refractivity (Wildman–Crippen MR) is 121 cm³/mol. The Bertz CT molecular complexity index is 889. The highest BCUT2D eigenvalue weighted by molar-refractivity contribution is 5.94. The molecule has 0 aromatic heterocycles. The summed E-state index contributed by atoms with van der Waals surface area (Å²) in [6.45, 7) is 4.85. The van der Waals surface area contributed by atoms with Crippen molar-refractivity contribution in [3.8, 4) is 5.75 Å². The Morgan fingerprint density at radius 2 is 1.50 bits per heavy atom. The van der Waals surface area contributed by atoms with Gasteiger partial charge in [-0.05, 0) is 37.0 Å². The number of amides is 3. The predicted octanol–water partition coefficient (Wildman–Crippen LogP) is -0.658. The Morgan fingerprint density at radius 1 is 0.912 bits per heavy atom. The maximum atomic E-state index is 12.8. The molecule has 0 heterocycles. The number of phenolic OH excluding ortho intramolecular Hbond substituents is 1. The second kappa shape index (κ2) is 13.1. The van der Waals surface area contributed by atoms with E-state index in [-0.39, 0.29) is 18.1 Å². The van der Waals surface area contributed by atoms with Crippen LogP contribution in [0.3, 0.4) is 0 Å². The molecule has 1 aromatic rings. The molecule has 5 unspecified atom stereocenters. The fraction of sp³-hybridized carbons (Fsp3) is 0.500.